The van der Waals surface area contributed by atoms with Crippen molar-refractivity contribution in [2.75, 3.05) is 13.1 Å². The Kier molecular flexibility index (Phi) is 4.26. The van der Waals surface area contributed by atoms with Crippen molar-refractivity contribution in [1.29, 1.82) is 0 Å². The largest absolute Gasteiger partial charge is 0.338 e. The Hall–Kier alpha value is -0.770. The molecule has 0 radical (unpaired) electrons. The molecule has 2 fully saturated rings. The number of hydrogen-bond donors (Lipinski definition) is 2. The molecule has 0 spiro atoms. The Morgan fingerprint density at radius 1 is 1.29 bits per heavy atom. The minimum atomic E-state index is 0.126. The van der Waals surface area contributed by atoms with Gasteiger partial charge in [0.1, 0.15) is 0 Å². The number of amides is 2. The van der Waals surface area contributed by atoms with E-state index in [0.29, 0.717) is 18.1 Å². The number of fused-ring (bicyclic) bond motifs is 2. The van der Waals surface area contributed by atoms with Crippen LogP contribution in [0.15, 0.2) is 0 Å². The zero-order chi connectivity index (χ0) is 12.3. The molecule has 2 bridgehead atoms. The molecule has 4 heteroatoms. The molecule has 0 aromatic rings. The maximum Gasteiger partial charge on any atom is 0.317 e. The molecule has 2 saturated heterocycles. The molecule has 98 valence electrons. The van der Waals surface area contributed by atoms with Crippen molar-refractivity contribution in [1.82, 2.24) is 15.5 Å². The number of carbonyl (C=O) groups excluding carboxylic acids is 1. The predicted molar refractivity (Wildman–Crippen MR) is 69.0 cm³/mol. The van der Waals surface area contributed by atoms with Gasteiger partial charge in [0.25, 0.3) is 0 Å². The van der Waals surface area contributed by atoms with Crippen molar-refractivity contribution in [2.45, 2.75) is 64.1 Å². The number of piperidine rings is 1. The maximum absolute atomic E-state index is 12.1. The summed E-state index contributed by atoms with van der Waals surface area (Å²) in [5.41, 5.74) is 0. The molecule has 2 heterocycles. The van der Waals surface area contributed by atoms with E-state index in [4.69, 9.17) is 0 Å². The highest BCUT2D eigenvalue weighted by atomic mass is 16.2. The quantitative estimate of drug-likeness (QED) is 0.784. The van der Waals surface area contributed by atoms with Crippen LogP contribution in [-0.4, -0.2) is 42.1 Å². The summed E-state index contributed by atoms with van der Waals surface area (Å²) in [5, 5.41) is 6.62. The van der Waals surface area contributed by atoms with E-state index in [1.807, 2.05) is 4.90 Å². The van der Waals surface area contributed by atoms with Crippen LogP contribution in [0.25, 0.3) is 0 Å². The van der Waals surface area contributed by atoms with Crippen LogP contribution < -0.4 is 10.6 Å². The zero-order valence-corrected chi connectivity index (χ0v) is 11.0. The normalized spacial score (nSPS) is 31.3. The number of carbonyl (C=O) groups is 1. The summed E-state index contributed by atoms with van der Waals surface area (Å²) in [6.07, 6.45) is 5.83. The average molecular weight is 239 g/mol. The van der Waals surface area contributed by atoms with E-state index in [1.165, 1.54) is 12.8 Å². The third-order valence-electron chi connectivity index (χ3n) is 4.02. The second-order valence-corrected chi connectivity index (χ2v) is 5.28. The molecular formula is C13H25N3O. The lowest BCUT2D eigenvalue weighted by molar-refractivity contribution is 0.151. The van der Waals surface area contributed by atoms with Gasteiger partial charge < -0.3 is 15.5 Å². The zero-order valence-electron chi connectivity index (χ0n) is 11.0. The molecule has 2 rings (SSSR count). The minimum Gasteiger partial charge on any atom is -0.338 e. The highest BCUT2D eigenvalue weighted by molar-refractivity contribution is 5.74. The third kappa shape index (κ3) is 2.92. The molecule has 0 saturated carbocycles. The molecule has 0 aromatic carbocycles. The van der Waals surface area contributed by atoms with E-state index < -0.39 is 0 Å². The average Bonchev–Trinajstić information content (AvgIpc) is 2.67. The fraction of sp³-hybridized carbons (Fsp3) is 0.923. The van der Waals surface area contributed by atoms with E-state index in [9.17, 15) is 4.79 Å². The van der Waals surface area contributed by atoms with E-state index in [0.717, 1.165) is 32.4 Å². The van der Waals surface area contributed by atoms with Gasteiger partial charge in [-0.25, -0.2) is 4.79 Å². The van der Waals surface area contributed by atoms with Crippen molar-refractivity contribution < 1.29 is 4.79 Å². The van der Waals surface area contributed by atoms with E-state index in [1.54, 1.807) is 0 Å². The molecular weight excluding hydrogens is 214 g/mol. The summed E-state index contributed by atoms with van der Waals surface area (Å²) in [5.74, 6) is 0. The van der Waals surface area contributed by atoms with E-state index in [2.05, 4.69) is 24.5 Å². The van der Waals surface area contributed by atoms with E-state index >= 15 is 0 Å². The molecule has 2 atom stereocenters. The second kappa shape index (κ2) is 5.71. The number of urea groups is 1. The Balaban J connectivity index is 1.91. The molecule has 2 aliphatic heterocycles. The van der Waals surface area contributed by atoms with Gasteiger partial charge in [0.2, 0.25) is 0 Å². The highest BCUT2D eigenvalue weighted by Crippen LogP contribution is 2.29. The van der Waals surface area contributed by atoms with Crippen molar-refractivity contribution in [3.05, 3.63) is 0 Å². The molecule has 2 unspecified atom stereocenters. The van der Waals surface area contributed by atoms with Crippen LogP contribution in [0, 0.1) is 0 Å². The first-order valence-electron chi connectivity index (χ1n) is 7.05. The van der Waals surface area contributed by atoms with Gasteiger partial charge in [-0.1, -0.05) is 6.92 Å². The lowest BCUT2D eigenvalue weighted by atomic mass is 9.98. The molecule has 0 aromatic heterocycles. The molecule has 17 heavy (non-hydrogen) atoms. The van der Waals surface area contributed by atoms with Gasteiger partial charge in [0.05, 0.1) is 0 Å². The number of hydrogen-bond acceptors (Lipinski definition) is 2. The summed E-state index contributed by atoms with van der Waals surface area (Å²) in [6.45, 7) is 5.77. The summed E-state index contributed by atoms with van der Waals surface area (Å²) in [4.78, 5) is 14.1. The molecule has 4 nitrogen and oxygen atoms in total. The lowest BCUT2D eigenvalue weighted by Gasteiger charge is -2.37. The van der Waals surface area contributed by atoms with Crippen LogP contribution in [-0.2, 0) is 0 Å². The Morgan fingerprint density at radius 3 is 2.47 bits per heavy atom. The summed E-state index contributed by atoms with van der Waals surface area (Å²) < 4.78 is 0. The molecule has 2 aliphatic rings. The first-order chi connectivity index (χ1) is 8.24. The lowest BCUT2D eigenvalue weighted by Crippen LogP contribution is -2.52. The fourth-order valence-corrected chi connectivity index (χ4v) is 3.18. The van der Waals surface area contributed by atoms with Crippen LogP contribution in [0.2, 0.25) is 0 Å². The van der Waals surface area contributed by atoms with Gasteiger partial charge in [-0.05, 0) is 39.0 Å². The molecule has 2 amide bonds. The van der Waals surface area contributed by atoms with Gasteiger partial charge in [0.15, 0.2) is 0 Å². The Morgan fingerprint density at radius 2 is 1.94 bits per heavy atom. The van der Waals surface area contributed by atoms with Crippen LogP contribution in [0.5, 0.6) is 0 Å². The number of nitrogens with one attached hydrogen (secondary N) is 2. The Bertz CT molecular complexity index is 257. The first kappa shape index (κ1) is 12.7. The van der Waals surface area contributed by atoms with Crippen LogP contribution in [0.3, 0.4) is 0 Å². The monoisotopic (exact) mass is 239 g/mol. The predicted octanol–water partition coefficient (Wildman–Crippen LogP) is 1.71. The number of rotatable bonds is 4. The highest BCUT2D eigenvalue weighted by Gasteiger charge is 2.36. The second-order valence-electron chi connectivity index (χ2n) is 5.28. The SMILES string of the molecule is CCCNC(=O)N(CC)C1CC2CCC(C1)N2. The van der Waals surface area contributed by atoms with Crippen molar-refractivity contribution >= 4 is 6.03 Å². The Labute approximate surface area is 104 Å². The van der Waals surface area contributed by atoms with Crippen molar-refractivity contribution in [3.63, 3.8) is 0 Å². The van der Waals surface area contributed by atoms with Crippen LogP contribution >= 0.6 is 0 Å². The standard InChI is InChI=1S/C13H25N3O/c1-3-7-14-13(17)16(4-2)12-8-10-5-6-11(9-12)15-10/h10-12,15H,3-9H2,1-2H3,(H,14,17). The van der Waals surface area contributed by atoms with Gasteiger partial charge >= 0.3 is 6.03 Å². The van der Waals surface area contributed by atoms with Gasteiger partial charge in [-0.2, -0.15) is 0 Å². The molecule has 2 N–H and O–H groups in total. The fourth-order valence-electron chi connectivity index (χ4n) is 3.18. The van der Waals surface area contributed by atoms with E-state index in [-0.39, 0.29) is 6.03 Å². The minimum absolute atomic E-state index is 0.126. The van der Waals surface area contributed by atoms with Crippen LogP contribution in [0.1, 0.15) is 46.0 Å². The first-order valence-corrected chi connectivity index (χ1v) is 7.05. The third-order valence-corrected chi connectivity index (χ3v) is 4.02. The van der Waals surface area contributed by atoms with Gasteiger partial charge in [-0.3, -0.25) is 0 Å². The van der Waals surface area contributed by atoms with Gasteiger partial charge in [0, 0.05) is 31.2 Å². The van der Waals surface area contributed by atoms with Crippen LogP contribution in [0.4, 0.5) is 4.79 Å². The maximum atomic E-state index is 12.1. The van der Waals surface area contributed by atoms with Crippen molar-refractivity contribution in [3.8, 4) is 0 Å². The number of nitrogens with zero attached hydrogens (tertiary/aromatic N) is 1. The summed E-state index contributed by atoms with van der Waals surface area (Å²) >= 11 is 0. The summed E-state index contributed by atoms with van der Waals surface area (Å²) in [6, 6.07) is 1.86. The summed E-state index contributed by atoms with van der Waals surface area (Å²) in [7, 11) is 0. The smallest absolute Gasteiger partial charge is 0.317 e. The van der Waals surface area contributed by atoms with Crippen molar-refractivity contribution in [2.24, 2.45) is 0 Å². The van der Waals surface area contributed by atoms with Gasteiger partial charge in [-0.15, -0.1) is 0 Å². The topological polar surface area (TPSA) is 44.4 Å². The molecule has 0 aliphatic carbocycles.